The van der Waals surface area contributed by atoms with Crippen LogP contribution in [0.5, 0.6) is 0 Å². The van der Waals surface area contributed by atoms with Crippen LogP contribution in [0.2, 0.25) is 0 Å². The van der Waals surface area contributed by atoms with Crippen molar-refractivity contribution in [2.24, 2.45) is 0 Å². The first-order valence-electron chi connectivity index (χ1n) is 9.86. The molecule has 150 valence electrons. The number of nitrogens with zero attached hydrogens (tertiary/aromatic N) is 2. The molecule has 6 heteroatoms. The average molecular weight is 393 g/mol. The number of H-pyrrole nitrogens is 1. The Morgan fingerprint density at radius 3 is 2.69 bits per heavy atom. The van der Waals surface area contributed by atoms with Crippen molar-refractivity contribution in [1.29, 1.82) is 0 Å². The fourth-order valence-corrected chi connectivity index (χ4v) is 3.92. The number of halogens is 1. The minimum absolute atomic E-state index is 0.0392. The normalized spacial score (nSPS) is 17.6. The highest BCUT2D eigenvalue weighted by molar-refractivity contribution is 5.79. The number of pyridine rings is 1. The van der Waals surface area contributed by atoms with Gasteiger partial charge in [0.15, 0.2) is 0 Å². The molecule has 1 aromatic heterocycles. The Morgan fingerprint density at radius 1 is 1.14 bits per heavy atom. The van der Waals surface area contributed by atoms with Crippen LogP contribution in [0.25, 0.3) is 10.9 Å². The second kappa shape index (κ2) is 8.17. The van der Waals surface area contributed by atoms with Gasteiger partial charge in [-0.15, -0.1) is 0 Å². The molecule has 1 fully saturated rings. The summed E-state index contributed by atoms with van der Waals surface area (Å²) < 4.78 is 13.2. The average Bonchev–Trinajstić information content (AvgIpc) is 2.73. The third-order valence-corrected chi connectivity index (χ3v) is 5.69. The molecule has 4 rings (SSSR count). The van der Waals surface area contributed by atoms with Crippen molar-refractivity contribution in [3.63, 3.8) is 0 Å². The van der Waals surface area contributed by atoms with Crippen LogP contribution in [0.1, 0.15) is 23.6 Å². The van der Waals surface area contributed by atoms with Crippen molar-refractivity contribution in [1.82, 2.24) is 14.8 Å². The first-order chi connectivity index (χ1) is 14.0. The summed E-state index contributed by atoms with van der Waals surface area (Å²) in [4.78, 5) is 32.0. The van der Waals surface area contributed by atoms with Gasteiger partial charge in [0, 0.05) is 37.1 Å². The number of aryl methyl sites for hydroxylation is 1. The van der Waals surface area contributed by atoms with E-state index in [0.717, 1.165) is 23.0 Å². The van der Waals surface area contributed by atoms with Crippen molar-refractivity contribution in [3.05, 3.63) is 81.9 Å². The highest BCUT2D eigenvalue weighted by Crippen LogP contribution is 2.24. The molecule has 1 N–H and O–H groups in total. The number of amides is 1. The predicted octanol–water partition coefficient (Wildman–Crippen LogP) is 3.12. The van der Waals surface area contributed by atoms with Gasteiger partial charge in [-0.1, -0.05) is 30.3 Å². The van der Waals surface area contributed by atoms with Gasteiger partial charge >= 0.3 is 0 Å². The largest absolute Gasteiger partial charge is 0.339 e. The molecule has 3 aromatic rings. The Hall–Kier alpha value is -2.99. The number of fused-ring (bicyclic) bond motifs is 1. The van der Waals surface area contributed by atoms with Crippen LogP contribution in [0.4, 0.5) is 4.39 Å². The molecule has 29 heavy (non-hydrogen) atoms. The summed E-state index contributed by atoms with van der Waals surface area (Å²) in [6, 6.07) is 16.0. The lowest BCUT2D eigenvalue weighted by atomic mass is 10.0. The van der Waals surface area contributed by atoms with E-state index in [-0.39, 0.29) is 23.3 Å². The Bertz CT molecular complexity index is 1080. The van der Waals surface area contributed by atoms with Crippen LogP contribution in [-0.2, 0) is 11.2 Å². The number of carbonyl (C=O) groups is 1. The van der Waals surface area contributed by atoms with Crippen molar-refractivity contribution in [2.75, 3.05) is 26.7 Å². The van der Waals surface area contributed by atoms with Gasteiger partial charge in [-0.25, -0.2) is 4.39 Å². The van der Waals surface area contributed by atoms with Gasteiger partial charge in [-0.05, 0) is 48.7 Å². The first kappa shape index (κ1) is 19.3. The molecule has 0 bridgehead atoms. The summed E-state index contributed by atoms with van der Waals surface area (Å²) in [5, 5.41) is 0.963. The molecule has 1 aliphatic heterocycles. The second-order valence-electron chi connectivity index (χ2n) is 7.60. The maximum absolute atomic E-state index is 13.2. The second-order valence-corrected chi connectivity index (χ2v) is 7.60. The lowest BCUT2D eigenvalue weighted by Crippen LogP contribution is -2.49. The number of aromatic amines is 1. The van der Waals surface area contributed by atoms with E-state index >= 15 is 0 Å². The Balaban J connectivity index is 1.44. The summed E-state index contributed by atoms with van der Waals surface area (Å²) in [7, 11) is 2.02. The molecule has 0 spiro atoms. The predicted molar refractivity (Wildman–Crippen MR) is 111 cm³/mol. The van der Waals surface area contributed by atoms with Crippen molar-refractivity contribution >= 4 is 16.8 Å². The zero-order valence-electron chi connectivity index (χ0n) is 16.4. The zero-order chi connectivity index (χ0) is 20.4. The van der Waals surface area contributed by atoms with E-state index in [9.17, 15) is 14.0 Å². The number of rotatable bonds is 4. The number of benzene rings is 2. The molecule has 0 aliphatic carbocycles. The number of nitrogens with one attached hydrogen (secondary N) is 1. The molecule has 1 aliphatic rings. The summed E-state index contributed by atoms with van der Waals surface area (Å²) in [5.41, 5.74) is 2.28. The van der Waals surface area contributed by atoms with Crippen molar-refractivity contribution in [2.45, 2.75) is 18.9 Å². The number of para-hydroxylation sites is 1. The van der Waals surface area contributed by atoms with E-state index in [0.29, 0.717) is 31.5 Å². The number of aromatic nitrogens is 1. The quantitative estimate of drug-likeness (QED) is 0.741. The zero-order valence-corrected chi connectivity index (χ0v) is 16.4. The molecule has 1 saturated heterocycles. The summed E-state index contributed by atoms with van der Waals surface area (Å²) in [6.45, 7) is 1.97. The molecule has 2 heterocycles. The van der Waals surface area contributed by atoms with Crippen LogP contribution >= 0.6 is 0 Å². The number of carbonyl (C=O) groups excluding carboxylic acids is 1. The maximum atomic E-state index is 13.2. The SMILES string of the molecule is CN1CCN(C(=O)CCc2cc3ccccc3[nH]c2=O)CC1c1ccc(F)cc1. The Morgan fingerprint density at radius 2 is 1.90 bits per heavy atom. The molecule has 1 amide bonds. The van der Waals surface area contributed by atoms with Crippen LogP contribution in [0.15, 0.2) is 59.4 Å². The van der Waals surface area contributed by atoms with Crippen LogP contribution in [0, 0.1) is 5.82 Å². The third kappa shape index (κ3) is 4.22. The number of hydrogen-bond acceptors (Lipinski definition) is 3. The molecule has 5 nitrogen and oxygen atoms in total. The Kier molecular flexibility index (Phi) is 5.45. The monoisotopic (exact) mass is 393 g/mol. The van der Waals surface area contributed by atoms with Crippen molar-refractivity contribution in [3.8, 4) is 0 Å². The fraction of sp³-hybridized carbons (Fsp3) is 0.304. The van der Waals surface area contributed by atoms with Gasteiger partial charge < -0.3 is 9.88 Å². The molecule has 2 aromatic carbocycles. The minimum Gasteiger partial charge on any atom is -0.339 e. The number of hydrogen-bond donors (Lipinski definition) is 1. The van der Waals surface area contributed by atoms with E-state index in [4.69, 9.17) is 0 Å². The summed E-state index contributed by atoms with van der Waals surface area (Å²) >= 11 is 0. The number of likely N-dealkylation sites (N-methyl/N-ethyl adjacent to an activating group) is 1. The van der Waals surface area contributed by atoms with E-state index in [1.54, 1.807) is 12.1 Å². The topological polar surface area (TPSA) is 56.4 Å². The highest BCUT2D eigenvalue weighted by atomic mass is 19.1. The van der Waals surface area contributed by atoms with Crippen LogP contribution in [-0.4, -0.2) is 47.4 Å². The number of piperazine rings is 1. The van der Waals surface area contributed by atoms with Crippen molar-refractivity contribution < 1.29 is 9.18 Å². The van der Waals surface area contributed by atoms with Gasteiger partial charge in [0.05, 0.1) is 6.04 Å². The summed E-state index contributed by atoms with van der Waals surface area (Å²) in [5.74, 6) is -0.224. The van der Waals surface area contributed by atoms with Gasteiger partial charge in [0.2, 0.25) is 5.91 Å². The lowest BCUT2D eigenvalue weighted by molar-refractivity contribution is -0.134. The standard InChI is InChI=1S/C23H24FN3O2/c1-26-12-13-27(15-21(26)16-6-9-19(24)10-7-16)22(28)11-8-18-14-17-4-2-3-5-20(17)25-23(18)29/h2-7,9-10,14,21H,8,11-13,15H2,1H3,(H,25,29). The smallest absolute Gasteiger partial charge is 0.251 e. The van der Waals surface area contributed by atoms with Gasteiger partial charge in [-0.2, -0.15) is 0 Å². The van der Waals surface area contributed by atoms with Crippen LogP contribution in [0.3, 0.4) is 0 Å². The Labute approximate surface area is 168 Å². The lowest BCUT2D eigenvalue weighted by Gasteiger charge is -2.39. The fourth-order valence-electron chi connectivity index (χ4n) is 3.92. The van der Waals surface area contributed by atoms with E-state index in [1.165, 1.54) is 12.1 Å². The first-order valence-corrected chi connectivity index (χ1v) is 9.86. The van der Waals surface area contributed by atoms with E-state index in [2.05, 4.69) is 9.88 Å². The molecule has 0 saturated carbocycles. The molecular weight excluding hydrogens is 369 g/mol. The van der Waals surface area contributed by atoms with Gasteiger partial charge in [0.1, 0.15) is 5.82 Å². The van der Waals surface area contributed by atoms with E-state index in [1.807, 2.05) is 42.3 Å². The molecule has 1 atom stereocenters. The van der Waals surface area contributed by atoms with Gasteiger partial charge in [0.25, 0.3) is 5.56 Å². The van der Waals surface area contributed by atoms with Gasteiger partial charge in [-0.3, -0.25) is 14.5 Å². The van der Waals surface area contributed by atoms with Crippen LogP contribution < -0.4 is 5.56 Å². The highest BCUT2D eigenvalue weighted by Gasteiger charge is 2.28. The third-order valence-electron chi connectivity index (χ3n) is 5.69. The summed E-state index contributed by atoms with van der Waals surface area (Å²) in [6.07, 6.45) is 0.702. The molecule has 1 unspecified atom stereocenters. The minimum atomic E-state index is -0.263. The molecule has 0 radical (unpaired) electrons. The molecular formula is C23H24FN3O2. The maximum Gasteiger partial charge on any atom is 0.251 e. The van der Waals surface area contributed by atoms with E-state index < -0.39 is 0 Å².